The topological polar surface area (TPSA) is 55.1 Å². The quantitative estimate of drug-likeness (QED) is 0.651. The molecule has 0 aromatic heterocycles. The second-order valence-corrected chi connectivity index (χ2v) is 3.84. The van der Waals surface area contributed by atoms with Crippen molar-refractivity contribution in [3.05, 3.63) is 0 Å². The van der Waals surface area contributed by atoms with E-state index in [0.717, 1.165) is 19.3 Å². The number of amides is 1. The number of rotatable bonds is 6. The van der Waals surface area contributed by atoms with E-state index in [4.69, 9.17) is 12.2 Å². The molecule has 0 aliphatic heterocycles. The highest BCUT2D eigenvalue weighted by atomic mass is 16.2. The van der Waals surface area contributed by atoms with Crippen molar-refractivity contribution in [2.45, 2.75) is 58.0 Å². The molecule has 0 spiro atoms. The predicted molar refractivity (Wildman–Crippen MR) is 63.2 cm³/mol. The molecule has 0 saturated heterocycles. The summed E-state index contributed by atoms with van der Waals surface area (Å²) >= 11 is 0. The minimum atomic E-state index is -0.584. The minimum Gasteiger partial charge on any atom is -0.349 e. The molecule has 1 atom stereocenters. The van der Waals surface area contributed by atoms with E-state index in [9.17, 15) is 4.79 Å². The number of terminal acetylenes is 1. The Morgan fingerprint density at radius 1 is 1.40 bits per heavy atom. The maximum atomic E-state index is 11.7. The molecule has 0 saturated carbocycles. The maximum Gasteiger partial charge on any atom is 0.238 e. The first kappa shape index (κ1) is 14.0. The Bertz CT molecular complexity index is 230. The Hall–Kier alpha value is -1.01. The number of hydrogen-bond acceptors (Lipinski definition) is 2. The zero-order valence-electron chi connectivity index (χ0n) is 9.97. The molecule has 3 N–H and O–H groups in total. The highest BCUT2D eigenvalue weighted by Gasteiger charge is 2.27. The second kappa shape index (κ2) is 6.47. The first-order chi connectivity index (χ1) is 7.05. The summed E-state index contributed by atoms with van der Waals surface area (Å²) in [5.74, 6) is 2.26. The third-order valence-corrected chi connectivity index (χ3v) is 3.09. The van der Waals surface area contributed by atoms with E-state index in [2.05, 4.69) is 32.0 Å². The van der Waals surface area contributed by atoms with Crippen molar-refractivity contribution >= 4 is 5.91 Å². The molecule has 1 amide bonds. The molecule has 1 unspecified atom stereocenters. The third kappa shape index (κ3) is 3.93. The van der Waals surface area contributed by atoms with Gasteiger partial charge in [0.2, 0.25) is 5.91 Å². The van der Waals surface area contributed by atoms with Crippen LogP contribution in [0.3, 0.4) is 0 Å². The smallest absolute Gasteiger partial charge is 0.238 e. The summed E-state index contributed by atoms with van der Waals surface area (Å²) in [6, 6.07) is -0.584. The lowest BCUT2D eigenvalue weighted by Gasteiger charge is -2.32. The van der Waals surface area contributed by atoms with Crippen molar-refractivity contribution in [3.8, 4) is 12.3 Å². The number of nitrogens with one attached hydrogen (secondary N) is 1. The van der Waals surface area contributed by atoms with E-state index in [1.807, 2.05) is 0 Å². The zero-order valence-corrected chi connectivity index (χ0v) is 9.97. The highest BCUT2D eigenvalue weighted by Crippen LogP contribution is 2.19. The van der Waals surface area contributed by atoms with Gasteiger partial charge in [0.1, 0.15) is 0 Å². The molecule has 0 aliphatic rings. The lowest BCUT2D eigenvalue weighted by molar-refractivity contribution is -0.124. The van der Waals surface area contributed by atoms with E-state index in [1.54, 1.807) is 0 Å². The van der Waals surface area contributed by atoms with Crippen LogP contribution in [0.15, 0.2) is 0 Å². The van der Waals surface area contributed by atoms with Crippen LogP contribution in [0, 0.1) is 12.3 Å². The van der Waals surface area contributed by atoms with E-state index in [1.165, 1.54) is 0 Å². The van der Waals surface area contributed by atoms with E-state index < -0.39 is 6.04 Å². The van der Waals surface area contributed by atoms with Crippen molar-refractivity contribution in [2.24, 2.45) is 5.73 Å². The Morgan fingerprint density at radius 2 is 1.87 bits per heavy atom. The highest BCUT2D eigenvalue weighted by molar-refractivity contribution is 5.82. The summed E-state index contributed by atoms with van der Waals surface area (Å²) in [6.45, 7) is 6.21. The van der Waals surface area contributed by atoms with Crippen LogP contribution in [0.5, 0.6) is 0 Å². The molecule has 0 radical (unpaired) electrons. The monoisotopic (exact) mass is 210 g/mol. The zero-order chi connectivity index (χ0) is 11.9. The van der Waals surface area contributed by atoms with Crippen molar-refractivity contribution in [1.82, 2.24) is 5.32 Å². The third-order valence-electron chi connectivity index (χ3n) is 3.09. The fraction of sp³-hybridized carbons (Fsp3) is 0.750. The number of carbonyl (C=O) groups is 1. The van der Waals surface area contributed by atoms with Crippen LogP contribution in [-0.4, -0.2) is 17.5 Å². The molecule has 0 aromatic carbocycles. The number of carbonyl (C=O) groups excluding carboxylic acids is 1. The van der Waals surface area contributed by atoms with Crippen molar-refractivity contribution in [1.29, 1.82) is 0 Å². The molecule has 3 nitrogen and oxygen atoms in total. The predicted octanol–water partition coefficient (Wildman–Crippen LogP) is 1.42. The number of hydrogen-bond donors (Lipinski definition) is 2. The van der Waals surface area contributed by atoms with Crippen molar-refractivity contribution in [2.75, 3.05) is 0 Å². The van der Waals surface area contributed by atoms with Crippen LogP contribution >= 0.6 is 0 Å². The fourth-order valence-corrected chi connectivity index (χ4v) is 1.59. The summed E-state index contributed by atoms with van der Waals surface area (Å²) in [7, 11) is 0. The van der Waals surface area contributed by atoms with E-state index >= 15 is 0 Å². The normalized spacial score (nSPS) is 13.0. The summed E-state index contributed by atoms with van der Waals surface area (Å²) < 4.78 is 0. The van der Waals surface area contributed by atoms with Crippen LogP contribution in [0.4, 0.5) is 0 Å². The lowest BCUT2D eigenvalue weighted by atomic mass is 9.89. The van der Waals surface area contributed by atoms with Gasteiger partial charge in [0.25, 0.3) is 0 Å². The van der Waals surface area contributed by atoms with E-state index in [-0.39, 0.29) is 11.4 Å². The van der Waals surface area contributed by atoms with Gasteiger partial charge in [-0.25, -0.2) is 0 Å². The van der Waals surface area contributed by atoms with Crippen molar-refractivity contribution < 1.29 is 4.79 Å². The molecule has 86 valence electrons. The minimum absolute atomic E-state index is 0.122. The largest absolute Gasteiger partial charge is 0.349 e. The van der Waals surface area contributed by atoms with Gasteiger partial charge >= 0.3 is 0 Å². The SMILES string of the molecule is C#CCC(N)C(=O)NC(CC)(CC)CC. The Kier molecular flexibility index (Phi) is 6.03. The van der Waals surface area contributed by atoms with Crippen LogP contribution in [0.2, 0.25) is 0 Å². The van der Waals surface area contributed by atoms with Gasteiger partial charge in [0, 0.05) is 12.0 Å². The second-order valence-electron chi connectivity index (χ2n) is 3.84. The fourth-order valence-electron chi connectivity index (χ4n) is 1.59. The summed E-state index contributed by atoms with van der Waals surface area (Å²) in [5, 5.41) is 3.00. The molecule has 3 heteroatoms. The van der Waals surface area contributed by atoms with Crippen LogP contribution in [-0.2, 0) is 4.79 Å². The molecule has 0 bridgehead atoms. The average molecular weight is 210 g/mol. The van der Waals surface area contributed by atoms with Gasteiger partial charge < -0.3 is 11.1 Å². The Balaban J connectivity index is 4.42. The standard InChI is InChI=1S/C12H22N2O/c1-5-9-10(13)11(15)14-12(6-2,7-3)8-4/h1,10H,6-9,13H2,2-4H3,(H,14,15). The average Bonchev–Trinajstić information content (AvgIpc) is 2.26. The first-order valence-corrected chi connectivity index (χ1v) is 5.56. The molecule has 0 aliphatic carbocycles. The molecular weight excluding hydrogens is 188 g/mol. The number of nitrogens with two attached hydrogens (primary N) is 1. The van der Waals surface area contributed by atoms with Gasteiger partial charge in [0.05, 0.1) is 6.04 Å². The molecule has 0 aromatic rings. The summed E-state index contributed by atoms with van der Waals surface area (Å²) in [6.07, 6.45) is 8.14. The molecule has 15 heavy (non-hydrogen) atoms. The van der Waals surface area contributed by atoms with Gasteiger partial charge in [-0.2, -0.15) is 0 Å². The van der Waals surface area contributed by atoms with Gasteiger partial charge in [-0.1, -0.05) is 20.8 Å². The van der Waals surface area contributed by atoms with Gasteiger partial charge in [0.15, 0.2) is 0 Å². The van der Waals surface area contributed by atoms with Gasteiger partial charge in [-0.3, -0.25) is 4.79 Å². The lowest BCUT2D eigenvalue weighted by Crippen LogP contribution is -2.52. The molecule has 0 fully saturated rings. The Morgan fingerprint density at radius 3 is 2.20 bits per heavy atom. The molecular formula is C12H22N2O. The molecule has 0 rings (SSSR count). The summed E-state index contributed by atoms with van der Waals surface area (Å²) in [4.78, 5) is 11.7. The first-order valence-electron chi connectivity index (χ1n) is 5.56. The van der Waals surface area contributed by atoms with Crippen LogP contribution in [0.25, 0.3) is 0 Å². The molecule has 0 heterocycles. The summed E-state index contributed by atoms with van der Waals surface area (Å²) in [5.41, 5.74) is 5.52. The van der Waals surface area contributed by atoms with Crippen LogP contribution < -0.4 is 11.1 Å². The van der Waals surface area contributed by atoms with Crippen molar-refractivity contribution in [3.63, 3.8) is 0 Å². The van der Waals surface area contributed by atoms with E-state index in [0.29, 0.717) is 6.42 Å². The van der Waals surface area contributed by atoms with Gasteiger partial charge in [-0.15, -0.1) is 12.3 Å². The maximum absolute atomic E-state index is 11.7. The van der Waals surface area contributed by atoms with Gasteiger partial charge in [-0.05, 0) is 19.3 Å². The Labute approximate surface area is 92.8 Å². The van der Waals surface area contributed by atoms with Crippen LogP contribution in [0.1, 0.15) is 46.5 Å².